The number of halogens is 1. The summed E-state index contributed by atoms with van der Waals surface area (Å²) in [5.74, 6) is -0.129. The number of anilines is 1. The first-order valence-electron chi connectivity index (χ1n) is 12.7. The van der Waals surface area contributed by atoms with E-state index in [4.69, 9.17) is 0 Å². The van der Waals surface area contributed by atoms with E-state index in [1.165, 1.54) is 80.5 Å². The lowest BCUT2D eigenvalue weighted by molar-refractivity contribution is -0.119. The molecule has 0 radical (unpaired) electrons. The standard InChI is InChI=1S/C28H38FN3O/c1-22(33)30-21-24-7-10-25-13-19-32(28(25)20-24)27-14-17-31(18-15-27)16-5-3-2-4-6-23-8-11-26(29)12-9-23/h7-12,20,27H,2-6,13-19,21H2,1H3,(H,30,33). The van der Waals surface area contributed by atoms with E-state index in [0.29, 0.717) is 12.6 Å². The van der Waals surface area contributed by atoms with Gasteiger partial charge in [-0.2, -0.15) is 0 Å². The fraction of sp³-hybridized carbons (Fsp3) is 0.536. The Morgan fingerprint density at radius 1 is 0.970 bits per heavy atom. The first-order chi connectivity index (χ1) is 16.1. The maximum absolute atomic E-state index is 13.0. The number of aryl methyl sites for hydroxylation is 1. The number of hydrogen-bond acceptors (Lipinski definition) is 3. The van der Waals surface area contributed by atoms with E-state index in [2.05, 4.69) is 33.3 Å². The monoisotopic (exact) mass is 451 g/mol. The summed E-state index contributed by atoms with van der Waals surface area (Å²) >= 11 is 0. The summed E-state index contributed by atoms with van der Waals surface area (Å²) in [5, 5.41) is 2.92. The van der Waals surface area contributed by atoms with Crippen LogP contribution in [-0.4, -0.2) is 43.0 Å². The third-order valence-corrected chi connectivity index (χ3v) is 7.22. The SMILES string of the molecule is CC(=O)NCc1ccc2c(c1)N(C1CCN(CCCCCCc3ccc(F)cc3)CC1)CC2. The van der Waals surface area contributed by atoms with Crippen LogP contribution in [0.3, 0.4) is 0 Å². The van der Waals surface area contributed by atoms with Crippen LogP contribution in [-0.2, 0) is 24.2 Å². The van der Waals surface area contributed by atoms with Crippen LogP contribution in [0.4, 0.5) is 10.1 Å². The third-order valence-electron chi connectivity index (χ3n) is 7.22. The van der Waals surface area contributed by atoms with Gasteiger partial charge >= 0.3 is 0 Å². The first kappa shape index (κ1) is 23.7. The van der Waals surface area contributed by atoms with Gasteiger partial charge in [-0.05, 0) is 80.0 Å². The smallest absolute Gasteiger partial charge is 0.217 e. The summed E-state index contributed by atoms with van der Waals surface area (Å²) < 4.78 is 13.0. The van der Waals surface area contributed by atoms with Gasteiger partial charge in [-0.3, -0.25) is 4.79 Å². The number of benzene rings is 2. The molecule has 1 saturated heterocycles. The highest BCUT2D eigenvalue weighted by molar-refractivity contribution is 5.73. The second-order valence-electron chi connectivity index (χ2n) is 9.68. The largest absolute Gasteiger partial charge is 0.368 e. The molecule has 178 valence electrons. The number of nitrogens with one attached hydrogen (secondary N) is 1. The molecule has 4 nitrogen and oxygen atoms in total. The molecule has 1 fully saturated rings. The molecule has 1 amide bonds. The van der Waals surface area contributed by atoms with Crippen LogP contribution < -0.4 is 10.2 Å². The molecule has 2 aliphatic heterocycles. The molecule has 4 rings (SSSR count). The maximum atomic E-state index is 13.0. The van der Waals surface area contributed by atoms with Crippen molar-refractivity contribution in [3.8, 4) is 0 Å². The Labute approximate surface area is 198 Å². The number of hydrogen-bond donors (Lipinski definition) is 1. The fourth-order valence-corrected chi connectivity index (χ4v) is 5.29. The van der Waals surface area contributed by atoms with Gasteiger partial charge in [0.05, 0.1) is 0 Å². The van der Waals surface area contributed by atoms with Crippen LogP contribution in [0.2, 0.25) is 0 Å². The number of carbonyl (C=O) groups excluding carboxylic acids is 1. The number of unbranched alkanes of at least 4 members (excludes halogenated alkanes) is 3. The zero-order chi connectivity index (χ0) is 23.0. The highest BCUT2D eigenvalue weighted by Crippen LogP contribution is 2.33. The first-order valence-corrected chi connectivity index (χ1v) is 12.7. The molecular weight excluding hydrogens is 413 g/mol. The van der Waals surface area contributed by atoms with Crippen LogP contribution in [0.1, 0.15) is 62.1 Å². The fourth-order valence-electron chi connectivity index (χ4n) is 5.29. The average molecular weight is 452 g/mol. The van der Waals surface area contributed by atoms with E-state index in [-0.39, 0.29) is 11.7 Å². The van der Waals surface area contributed by atoms with Gasteiger partial charge < -0.3 is 15.1 Å². The van der Waals surface area contributed by atoms with Crippen molar-refractivity contribution in [2.75, 3.05) is 31.1 Å². The lowest BCUT2D eigenvalue weighted by Crippen LogP contribution is -2.44. The topological polar surface area (TPSA) is 35.6 Å². The van der Waals surface area contributed by atoms with Crippen LogP contribution in [0.15, 0.2) is 42.5 Å². The van der Waals surface area contributed by atoms with Gasteiger partial charge in [0.25, 0.3) is 0 Å². The molecule has 2 aliphatic rings. The molecule has 0 aliphatic carbocycles. The Morgan fingerprint density at radius 2 is 1.70 bits per heavy atom. The molecule has 0 aromatic heterocycles. The number of amides is 1. The lowest BCUT2D eigenvalue weighted by Gasteiger charge is -2.38. The molecule has 33 heavy (non-hydrogen) atoms. The van der Waals surface area contributed by atoms with E-state index in [1.807, 2.05) is 12.1 Å². The Kier molecular flexibility index (Phi) is 8.38. The molecule has 1 N–H and O–H groups in total. The summed E-state index contributed by atoms with van der Waals surface area (Å²) in [5.41, 5.74) is 5.26. The predicted molar refractivity (Wildman–Crippen MR) is 133 cm³/mol. The van der Waals surface area contributed by atoms with E-state index >= 15 is 0 Å². The van der Waals surface area contributed by atoms with Gasteiger partial charge in [0.1, 0.15) is 5.82 Å². The molecule has 2 heterocycles. The Morgan fingerprint density at radius 3 is 2.45 bits per heavy atom. The molecule has 2 aromatic carbocycles. The number of fused-ring (bicyclic) bond motifs is 1. The van der Waals surface area contributed by atoms with E-state index in [0.717, 1.165) is 19.4 Å². The summed E-state index contributed by atoms with van der Waals surface area (Å²) in [7, 11) is 0. The number of likely N-dealkylation sites (tertiary alicyclic amines) is 1. The zero-order valence-electron chi connectivity index (χ0n) is 20.0. The van der Waals surface area contributed by atoms with Crippen molar-refractivity contribution in [1.82, 2.24) is 10.2 Å². The van der Waals surface area contributed by atoms with Gasteiger partial charge in [0.15, 0.2) is 0 Å². The summed E-state index contributed by atoms with van der Waals surface area (Å²) in [6.07, 6.45) is 9.64. The number of rotatable bonds is 10. The van der Waals surface area contributed by atoms with Gasteiger partial charge in [-0.25, -0.2) is 4.39 Å². The van der Waals surface area contributed by atoms with Crippen LogP contribution in [0.5, 0.6) is 0 Å². The summed E-state index contributed by atoms with van der Waals surface area (Å²) in [6, 6.07) is 14.3. The number of piperidine rings is 1. The maximum Gasteiger partial charge on any atom is 0.217 e. The zero-order valence-corrected chi connectivity index (χ0v) is 20.0. The van der Waals surface area contributed by atoms with Gasteiger partial charge in [0, 0.05) is 44.8 Å². The average Bonchev–Trinajstić information content (AvgIpc) is 3.25. The minimum absolute atomic E-state index is 0.0209. The Hall–Kier alpha value is -2.40. The predicted octanol–water partition coefficient (Wildman–Crippen LogP) is 5.09. The minimum atomic E-state index is -0.150. The molecule has 0 bridgehead atoms. The van der Waals surface area contributed by atoms with E-state index in [9.17, 15) is 9.18 Å². The van der Waals surface area contributed by atoms with Crippen LogP contribution in [0.25, 0.3) is 0 Å². The third kappa shape index (κ3) is 6.80. The van der Waals surface area contributed by atoms with Crippen LogP contribution >= 0.6 is 0 Å². The highest BCUT2D eigenvalue weighted by Gasteiger charge is 2.29. The van der Waals surface area contributed by atoms with E-state index < -0.39 is 0 Å². The molecule has 0 atom stereocenters. The van der Waals surface area contributed by atoms with Crippen molar-refractivity contribution in [2.24, 2.45) is 0 Å². The Balaban J connectivity index is 1.15. The number of nitrogens with zero attached hydrogens (tertiary/aromatic N) is 2. The lowest BCUT2D eigenvalue weighted by atomic mass is 10.0. The normalized spacial score (nSPS) is 16.7. The van der Waals surface area contributed by atoms with Crippen molar-refractivity contribution < 1.29 is 9.18 Å². The Bertz CT molecular complexity index is 906. The molecule has 5 heteroatoms. The van der Waals surface area contributed by atoms with Crippen molar-refractivity contribution >= 4 is 11.6 Å². The molecular formula is C28H38FN3O. The van der Waals surface area contributed by atoms with Crippen molar-refractivity contribution in [2.45, 2.75) is 70.9 Å². The van der Waals surface area contributed by atoms with E-state index in [1.54, 1.807) is 19.1 Å². The minimum Gasteiger partial charge on any atom is -0.368 e. The second kappa shape index (κ2) is 11.6. The van der Waals surface area contributed by atoms with Gasteiger partial charge in [-0.1, -0.05) is 37.1 Å². The van der Waals surface area contributed by atoms with Crippen molar-refractivity contribution in [3.63, 3.8) is 0 Å². The van der Waals surface area contributed by atoms with Crippen molar-refractivity contribution in [3.05, 3.63) is 65.0 Å². The molecule has 0 saturated carbocycles. The van der Waals surface area contributed by atoms with Crippen LogP contribution in [0, 0.1) is 5.82 Å². The van der Waals surface area contributed by atoms with Crippen molar-refractivity contribution in [1.29, 1.82) is 0 Å². The van der Waals surface area contributed by atoms with Gasteiger partial charge in [-0.15, -0.1) is 0 Å². The number of carbonyl (C=O) groups is 1. The molecule has 2 aromatic rings. The molecule has 0 unspecified atom stereocenters. The quantitative estimate of drug-likeness (QED) is 0.511. The molecule has 0 spiro atoms. The highest BCUT2D eigenvalue weighted by atomic mass is 19.1. The summed E-state index contributed by atoms with van der Waals surface area (Å²) in [4.78, 5) is 16.5. The van der Waals surface area contributed by atoms with Gasteiger partial charge in [0.2, 0.25) is 5.91 Å². The summed E-state index contributed by atoms with van der Waals surface area (Å²) in [6.45, 7) is 6.90. The second-order valence-corrected chi connectivity index (χ2v) is 9.68.